The van der Waals surface area contributed by atoms with E-state index in [1.54, 1.807) is 13.8 Å². The van der Waals surface area contributed by atoms with Crippen molar-refractivity contribution in [1.82, 2.24) is 0 Å². The van der Waals surface area contributed by atoms with Crippen LogP contribution in [-0.4, -0.2) is 24.5 Å². The highest BCUT2D eigenvalue weighted by Crippen LogP contribution is 2.49. The normalized spacial score (nSPS) is 11.1. The summed E-state index contributed by atoms with van der Waals surface area (Å²) in [5.41, 5.74) is -1.14. The lowest BCUT2D eigenvalue weighted by atomic mass is 10.2. The third-order valence-corrected chi connectivity index (χ3v) is 3.33. The van der Waals surface area contributed by atoms with Gasteiger partial charge < -0.3 is 9.05 Å². The van der Waals surface area contributed by atoms with Gasteiger partial charge in [0.2, 0.25) is 5.78 Å². The summed E-state index contributed by atoms with van der Waals surface area (Å²) in [4.78, 5) is 22.7. The molecule has 0 aliphatic heterocycles. The Morgan fingerprint density at radius 3 is 1.87 bits per heavy atom. The quantitative estimate of drug-likeness (QED) is 0.382. The number of rotatable bonds is 7. The van der Waals surface area contributed by atoms with Crippen LogP contribution in [-0.2, 0) is 23.2 Å². The third-order valence-electron chi connectivity index (χ3n) is 1.43. The van der Waals surface area contributed by atoms with E-state index in [1.807, 2.05) is 0 Å². The Balaban J connectivity index is 4.93. The molecule has 0 radical (unpaired) electrons. The molecule has 0 spiro atoms. The number of Topliss-reactive ketones (excluding diaryl/α,β-unsaturated/α-hetero) is 1. The number of carbonyl (C=O) groups excluding carboxylic acids is 2. The van der Waals surface area contributed by atoms with Crippen LogP contribution in [0.15, 0.2) is 12.2 Å². The number of ketones is 1. The smallest absolute Gasteiger partial charge is 0.303 e. The van der Waals surface area contributed by atoms with Gasteiger partial charge in [-0.3, -0.25) is 14.2 Å². The minimum absolute atomic E-state index is 0.0135. The maximum absolute atomic E-state index is 11.8. The SMILES string of the molecule is C=C(C)C(=O)C(=O)P(=O)(OCC)OCC. The summed E-state index contributed by atoms with van der Waals surface area (Å²) < 4.78 is 21.3. The van der Waals surface area contributed by atoms with E-state index in [-0.39, 0.29) is 18.8 Å². The molecule has 86 valence electrons. The summed E-state index contributed by atoms with van der Waals surface area (Å²) in [6, 6.07) is 0. The molecule has 0 fully saturated rings. The first kappa shape index (κ1) is 14.2. The Hall–Kier alpha value is -0.770. The van der Waals surface area contributed by atoms with Crippen molar-refractivity contribution in [1.29, 1.82) is 0 Å². The molecule has 15 heavy (non-hydrogen) atoms. The first-order valence-electron chi connectivity index (χ1n) is 4.52. The Labute approximate surface area is 89.0 Å². The number of hydrogen-bond donors (Lipinski definition) is 0. The van der Waals surface area contributed by atoms with Gasteiger partial charge in [-0.05, 0) is 26.3 Å². The van der Waals surface area contributed by atoms with Crippen LogP contribution in [0.3, 0.4) is 0 Å². The highest BCUT2D eigenvalue weighted by Gasteiger charge is 2.39. The Morgan fingerprint density at radius 1 is 1.20 bits per heavy atom. The topological polar surface area (TPSA) is 69.7 Å². The standard InChI is InChI=1S/C9H15O5P/c1-5-13-15(12,14-6-2)9(11)8(10)7(3)4/h3,5-6H2,1-2,4H3. The fourth-order valence-corrected chi connectivity index (χ4v) is 2.23. The molecule has 0 aromatic heterocycles. The predicted octanol–water partition coefficient (Wildman–Crippen LogP) is 1.92. The van der Waals surface area contributed by atoms with Crippen LogP contribution in [0.1, 0.15) is 20.8 Å². The van der Waals surface area contributed by atoms with Crippen LogP contribution in [0.2, 0.25) is 0 Å². The van der Waals surface area contributed by atoms with Gasteiger partial charge in [0, 0.05) is 0 Å². The summed E-state index contributed by atoms with van der Waals surface area (Å²) in [5, 5.41) is 0. The van der Waals surface area contributed by atoms with Crippen molar-refractivity contribution >= 4 is 18.9 Å². The Morgan fingerprint density at radius 2 is 1.60 bits per heavy atom. The maximum Gasteiger partial charge on any atom is 0.405 e. The molecule has 0 aliphatic rings. The molecule has 0 unspecified atom stereocenters. The van der Waals surface area contributed by atoms with Crippen molar-refractivity contribution in [2.45, 2.75) is 20.8 Å². The van der Waals surface area contributed by atoms with Crippen molar-refractivity contribution in [3.8, 4) is 0 Å². The fourth-order valence-electron chi connectivity index (χ4n) is 0.801. The van der Waals surface area contributed by atoms with Crippen LogP contribution in [0.25, 0.3) is 0 Å². The van der Waals surface area contributed by atoms with Crippen molar-refractivity contribution < 1.29 is 23.2 Å². The molecule has 0 aromatic carbocycles. The van der Waals surface area contributed by atoms with E-state index in [4.69, 9.17) is 9.05 Å². The largest absolute Gasteiger partial charge is 0.405 e. The van der Waals surface area contributed by atoms with Crippen molar-refractivity contribution in [3.05, 3.63) is 12.2 Å². The Bertz CT molecular complexity index is 310. The number of carbonyl (C=O) groups is 2. The number of allylic oxidation sites excluding steroid dienone is 1. The van der Waals surface area contributed by atoms with Gasteiger partial charge in [0.25, 0.3) is 0 Å². The van der Waals surface area contributed by atoms with Gasteiger partial charge in [0.05, 0.1) is 13.2 Å². The second kappa shape index (κ2) is 5.95. The van der Waals surface area contributed by atoms with Crippen LogP contribution < -0.4 is 0 Å². The average Bonchev–Trinajstić information content (AvgIpc) is 2.16. The van der Waals surface area contributed by atoms with E-state index in [0.717, 1.165) is 0 Å². The minimum atomic E-state index is -3.97. The zero-order chi connectivity index (χ0) is 12.1. The summed E-state index contributed by atoms with van der Waals surface area (Å²) >= 11 is 0. The van der Waals surface area contributed by atoms with Gasteiger partial charge in [0.15, 0.2) is 0 Å². The molecular weight excluding hydrogens is 219 g/mol. The zero-order valence-corrected chi connectivity index (χ0v) is 10.0. The first-order chi connectivity index (χ1) is 6.89. The summed E-state index contributed by atoms with van der Waals surface area (Å²) in [7, 11) is -3.97. The molecule has 0 bridgehead atoms. The van der Waals surface area contributed by atoms with E-state index < -0.39 is 18.9 Å². The summed E-state index contributed by atoms with van der Waals surface area (Å²) in [5.74, 6) is -0.916. The number of hydrogen-bond acceptors (Lipinski definition) is 5. The van der Waals surface area contributed by atoms with Crippen LogP contribution in [0.4, 0.5) is 0 Å². The van der Waals surface area contributed by atoms with Gasteiger partial charge in [-0.1, -0.05) is 6.58 Å². The maximum atomic E-state index is 11.8. The minimum Gasteiger partial charge on any atom is -0.303 e. The third kappa shape index (κ3) is 3.70. The van der Waals surface area contributed by atoms with Gasteiger partial charge in [-0.15, -0.1) is 0 Å². The van der Waals surface area contributed by atoms with E-state index in [1.165, 1.54) is 6.92 Å². The van der Waals surface area contributed by atoms with Crippen LogP contribution in [0, 0.1) is 0 Å². The van der Waals surface area contributed by atoms with E-state index in [2.05, 4.69) is 6.58 Å². The van der Waals surface area contributed by atoms with Gasteiger partial charge in [0.1, 0.15) is 0 Å². The highest BCUT2D eigenvalue weighted by atomic mass is 31.2. The molecule has 0 rings (SSSR count). The zero-order valence-electron chi connectivity index (χ0n) is 9.11. The van der Waals surface area contributed by atoms with Crippen molar-refractivity contribution in [2.24, 2.45) is 0 Å². The van der Waals surface area contributed by atoms with E-state index >= 15 is 0 Å². The van der Waals surface area contributed by atoms with Gasteiger partial charge in [-0.2, -0.15) is 0 Å². The Kier molecular flexibility index (Phi) is 5.65. The van der Waals surface area contributed by atoms with Crippen LogP contribution >= 0.6 is 7.60 Å². The molecule has 6 heteroatoms. The van der Waals surface area contributed by atoms with Crippen molar-refractivity contribution in [2.75, 3.05) is 13.2 Å². The van der Waals surface area contributed by atoms with Gasteiger partial charge in [-0.25, -0.2) is 0 Å². The second-order valence-electron chi connectivity index (χ2n) is 2.75. The second-order valence-corrected chi connectivity index (χ2v) is 4.67. The van der Waals surface area contributed by atoms with E-state index in [9.17, 15) is 14.2 Å². The van der Waals surface area contributed by atoms with E-state index in [0.29, 0.717) is 0 Å². The summed E-state index contributed by atoms with van der Waals surface area (Å²) in [6.45, 7) is 7.86. The molecule has 0 aromatic rings. The lowest BCUT2D eigenvalue weighted by molar-refractivity contribution is -0.130. The average molecular weight is 234 g/mol. The molecule has 5 nitrogen and oxygen atoms in total. The van der Waals surface area contributed by atoms with Crippen LogP contribution in [0.5, 0.6) is 0 Å². The predicted molar refractivity (Wildman–Crippen MR) is 55.7 cm³/mol. The molecule has 0 saturated heterocycles. The molecule has 0 aliphatic carbocycles. The molecule has 0 saturated carbocycles. The van der Waals surface area contributed by atoms with Gasteiger partial charge >= 0.3 is 13.1 Å². The molecular formula is C9H15O5P. The molecule has 0 atom stereocenters. The molecule has 0 heterocycles. The lowest BCUT2D eigenvalue weighted by Crippen LogP contribution is -2.17. The summed E-state index contributed by atoms with van der Waals surface area (Å²) in [6.07, 6.45) is 0. The highest BCUT2D eigenvalue weighted by molar-refractivity contribution is 7.75. The fraction of sp³-hybridized carbons (Fsp3) is 0.556. The van der Waals surface area contributed by atoms with Crippen molar-refractivity contribution in [3.63, 3.8) is 0 Å². The first-order valence-corrected chi connectivity index (χ1v) is 6.07. The molecule has 0 N–H and O–H groups in total. The molecule has 0 amide bonds. The lowest BCUT2D eigenvalue weighted by Gasteiger charge is -2.14. The monoisotopic (exact) mass is 234 g/mol.